The van der Waals surface area contributed by atoms with Crippen LogP contribution in [0, 0.1) is 6.92 Å². The Kier molecular flexibility index (Phi) is 4.29. The van der Waals surface area contributed by atoms with E-state index in [1.54, 1.807) is 24.5 Å². The number of hydrogen-bond acceptors (Lipinski definition) is 4. The average Bonchev–Trinajstić information content (AvgIpc) is 3.17. The van der Waals surface area contributed by atoms with Gasteiger partial charge in [0.2, 0.25) is 0 Å². The van der Waals surface area contributed by atoms with Gasteiger partial charge in [-0.15, -0.1) is 0 Å². The first-order valence-electron chi connectivity index (χ1n) is 7.68. The molecule has 1 fully saturated rings. The third-order valence-corrected chi connectivity index (χ3v) is 4.23. The molecule has 118 valence electrons. The summed E-state index contributed by atoms with van der Waals surface area (Å²) in [6, 6.07) is 2.29. The summed E-state index contributed by atoms with van der Waals surface area (Å²) in [6.07, 6.45) is 7.56. The Labute approximate surface area is 130 Å². The molecule has 22 heavy (non-hydrogen) atoms. The van der Waals surface area contributed by atoms with Gasteiger partial charge in [0.1, 0.15) is 11.5 Å². The van der Waals surface area contributed by atoms with E-state index < -0.39 is 0 Å². The van der Waals surface area contributed by atoms with E-state index in [0.717, 1.165) is 37.3 Å². The summed E-state index contributed by atoms with van der Waals surface area (Å²) in [5.74, 6) is 0.779. The lowest BCUT2D eigenvalue weighted by Crippen LogP contribution is -2.31. The molecular weight excluding hydrogens is 280 g/mol. The SMILES string of the molecule is Cc1occc1CN(C)C(=O)c1cn(C2CCCNC2)cn1. The van der Waals surface area contributed by atoms with Gasteiger partial charge >= 0.3 is 0 Å². The van der Waals surface area contributed by atoms with Gasteiger partial charge in [-0.1, -0.05) is 0 Å². The van der Waals surface area contributed by atoms with Crippen LogP contribution in [0.1, 0.15) is 40.7 Å². The van der Waals surface area contributed by atoms with E-state index in [2.05, 4.69) is 14.9 Å². The number of aryl methyl sites for hydroxylation is 1. The minimum atomic E-state index is -0.0666. The summed E-state index contributed by atoms with van der Waals surface area (Å²) in [5, 5.41) is 3.38. The van der Waals surface area contributed by atoms with Crippen molar-refractivity contribution in [3.05, 3.63) is 41.9 Å². The number of hydrogen-bond donors (Lipinski definition) is 1. The van der Waals surface area contributed by atoms with Crippen LogP contribution in [0.5, 0.6) is 0 Å². The summed E-state index contributed by atoms with van der Waals surface area (Å²) in [5.41, 5.74) is 1.51. The molecule has 0 aromatic carbocycles. The van der Waals surface area contributed by atoms with E-state index in [9.17, 15) is 4.79 Å². The minimum absolute atomic E-state index is 0.0666. The highest BCUT2D eigenvalue weighted by Gasteiger charge is 2.19. The second-order valence-corrected chi connectivity index (χ2v) is 5.87. The molecular formula is C16H22N4O2. The molecule has 1 N–H and O–H groups in total. The highest BCUT2D eigenvalue weighted by Crippen LogP contribution is 2.18. The molecule has 0 bridgehead atoms. The smallest absolute Gasteiger partial charge is 0.274 e. The van der Waals surface area contributed by atoms with E-state index in [-0.39, 0.29) is 5.91 Å². The summed E-state index contributed by atoms with van der Waals surface area (Å²) < 4.78 is 7.32. The van der Waals surface area contributed by atoms with Gasteiger partial charge in [-0.3, -0.25) is 4.79 Å². The molecule has 6 heteroatoms. The molecule has 3 heterocycles. The van der Waals surface area contributed by atoms with Crippen molar-refractivity contribution in [2.24, 2.45) is 0 Å². The number of nitrogens with one attached hydrogen (secondary N) is 1. The fraction of sp³-hybridized carbons (Fsp3) is 0.500. The van der Waals surface area contributed by atoms with Crippen LogP contribution in [0.15, 0.2) is 29.3 Å². The molecule has 0 aliphatic carbocycles. The number of nitrogens with zero attached hydrogens (tertiary/aromatic N) is 3. The lowest BCUT2D eigenvalue weighted by molar-refractivity contribution is 0.0779. The molecule has 0 radical (unpaired) electrons. The van der Waals surface area contributed by atoms with Gasteiger partial charge in [0.05, 0.1) is 12.6 Å². The molecule has 3 rings (SSSR count). The number of piperidine rings is 1. The number of imidazole rings is 1. The number of furan rings is 1. The first kappa shape index (κ1) is 14.8. The van der Waals surface area contributed by atoms with Crippen LogP contribution in [-0.4, -0.2) is 40.5 Å². The Morgan fingerprint density at radius 2 is 2.45 bits per heavy atom. The molecule has 1 unspecified atom stereocenters. The Balaban J connectivity index is 1.67. The van der Waals surface area contributed by atoms with Gasteiger partial charge in [0.15, 0.2) is 0 Å². The van der Waals surface area contributed by atoms with E-state index in [1.807, 2.05) is 19.2 Å². The molecule has 2 aromatic heterocycles. The monoisotopic (exact) mass is 302 g/mol. The van der Waals surface area contributed by atoms with Crippen LogP contribution < -0.4 is 5.32 Å². The van der Waals surface area contributed by atoms with Crippen molar-refractivity contribution in [3.63, 3.8) is 0 Å². The summed E-state index contributed by atoms with van der Waals surface area (Å²) in [4.78, 5) is 18.4. The van der Waals surface area contributed by atoms with E-state index in [4.69, 9.17) is 4.42 Å². The maximum absolute atomic E-state index is 12.5. The van der Waals surface area contributed by atoms with Crippen LogP contribution in [0.2, 0.25) is 0 Å². The van der Waals surface area contributed by atoms with Crippen molar-refractivity contribution >= 4 is 5.91 Å². The standard InChI is InChI=1S/C16H22N4O2/c1-12-13(5-7-22-12)9-19(2)16(21)15-10-20(11-18-15)14-4-3-6-17-8-14/h5,7,10-11,14,17H,3-4,6,8-9H2,1-2H3. The van der Waals surface area contributed by atoms with Crippen molar-refractivity contribution in [2.75, 3.05) is 20.1 Å². The molecule has 2 aromatic rings. The number of amides is 1. The zero-order chi connectivity index (χ0) is 15.5. The Morgan fingerprint density at radius 1 is 1.59 bits per heavy atom. The van der Waals surface area contributed by atoms with Gasteiger partial charge in [-0.25, -0.2) is 4.98 Å². The first-order valence-corrected chi connectivity index (χ1v) is 7.68. The molecule has 0 spiro atoms. The van der Waals surface area contributed by atoms with Crippen molar-refractivity contribution in [1.29, 1.82) is 0 Å². The van der Waals surface area contributed by atoms with Gasteiger partial charge in [-0.2, -0.15) is 0 Å². The number of aromatic nitrogens is 2. The molecule has 1 atom stereocenters. The second kappa shape index (κ2) is 6.36. The van der Waals surface area contributed by atoms with E-state index in [0.29, 0.717) is 18.3 Å². The number of carbonyl (C=O) groups excluding carboxylic acids is 1. The first-order chi connectivity index (χ1) is 10.6. The van der Waals surface area contributed by atoms with Gasteiger partial charge < -0.3 is 19.2 Å². The fourth-order valence-electron chi connectivity index (χ4n) is 2.83. The highest BCUT2D eigenvalue weighted by atomic mass is 16.3. The zero-order valence-electron chi connectivity index (χ0n) is 13.1. The predicted molar refractivity (Wildman–Crippen MR) is 82.6 cm³/mol. The van der Waals surface area contributed by atoms with Crippen LogP contribution in [0.4, 0.5) is 0 Å². The topological polar surface area (TPSA) is 63.3 Å². The Bertz CT molecular complexity index is 640. The third kappa shape index (κ3) is 3.06. The lowest BCUT2D eigenvalue weighted by atomic mass is 10.1. The molecule has 1 amide bonds. The lowest BCUT2D eigenvalue weighted by Gasteiger charge is -2.23. The molecule has 1 aliphatic rings. The van der Waals surface area contributed by atoms with Crippen molar-refractivity contribution in [2.45, 2.75) is 32.4 Å². The largest absolute Gasteiger partial charge is 0.469 e. The van der Waals surface area contributed by atoms with Crippen LogP contribution in [-0.2, 0) is 6.54 Å². The van der Waals surface area contributed by atoms with Crippen molar-refractivity contribution in [3.8, 4) is 0 Å². The summed E-state index contributed by atoms with van der Waals surface area (Å²) >= 11 is 0. The average molecular weight is 302 g/mol. The van der Waals surface area contributed by atoms with Crippen molar-refractivity contribution in [1.82, 2.24) is 19.8 Å². The molecule has 0 saturated carbocycles. The van der Waals surface area contributed by atoms with Gasteiger partial charge in [-0.05, 0) is 32.4 Å². The third-order valence-electron chi connectivity index (χ3n) is 4.23. The maximum Gasteiger partial charge on any atom is 0.274 e. The Hall–Kier alpha value is -2.08. The minimum Gasteiger partial charge on any atom is -0.469 e. The highest BCUT2D eigenvalue weighted by molar-refractivity contribution is 5.91. The molecule has 1 aliphatic heterocycles. The normalized spacial score (nSPS) is 18.4. The van der Waals surface area contributed by atoms with Crippen LogP contribution in [0.3, 0.4) is 0 Å². The molecule has 6 nitrogen and oxygen atoms in total. The van der Waals surface area contributed by atoms with Crippen LogP contribution in [0.25, 0.3) is 0 Å². The van der Waals surface area contributed by atoms with E-state index >= 15 is 0 Å². The number of rotatable bonds is 4. The molecule has 1 saturated heterocycles. The zero-order valence-corrected chi connectivity index (χ0v) is 13.1. The van der Waals surface area contributed by atoms with Crippen molar-refractivity contribution < 1.29 is 9.21 Å². The second-order valence-electron chi connectivity index (χ2n) is 5.87. The van der Waals surface area contributed by atoms with E-state index in [1.165, 1.54) is 0 Å². The van der Waals surface area contributed by atoms with Gasteiger partial charge in [0.25, 0.3) is 5.91 Å². The van der Waals surface area contributed by atoms with Crippen LogP contribution >= 0.6 is 0 Å². The summed E-state index contributed by atoms with van der Waals surface area (Å²) in [6.45, 7) is 4.44. The Morgan fingerprint density at radius 3 is 3.14 bits per heavy atom. The predicted octanol–water partition coefficient (Wildman–Crippen LogP) is 1.98. The quantitative estimate of drug-likeness (QED) is 0.938. The van der Waals surface area contributed by atoms with Gasteiger partial charge in [0, 0.05) is 37.9 Å². The fourth-order valence-corrected chi connectivity index (χ4v) is 2.83. The number of carbonyl (C=O) groups is 1. The summed E-state index contributed by atoms with van der Waals surface area (Å²) in [7, 11) is 1.79. The maximum atomic E-state index is 12.5.